The first kappa shape index (κ1) is 24.7. The molecule has 0 radical (unpaired) electrons. The average molecular weight is 524 g/mol. The number of nitrogens with one attached hydrogen (secondary N) is 2. The number of aryl methyl sites for hydroxylation is 2. The SMILES string of the molecule is CCNC(=NCCCn1cc(C)cn1)NC1CCN(Cc2ccccc2)C(C)C1.I. The first-order valence-electron chi connectivity index (χ1n) is 11.0. The van der Waals surface area contributed by atoms with Gasteiger partial charge in [0.05, 0.1) is 6.20 Å². The largest absolute Gasteiger partial charge is 0.357 e. The Morgan fingerprint density at radius 2 is 2.07 bits per heavy atom. The molecule has 7 heteroatoms. The van der Waals surface area contributed by atoms with Crippen LogP contribution in [0.5, 0.6) is 0 Å². The molecule has 2 aromatic rings. The zero-order chi connectivity index (χ0) is 20.5. The van der Waals surface area contributed by atoms with E-state index in [1.807, 2.05) is 10.9 Å². The number of benzene rings is 1. The number of guanidine groups is 1. The third-order valence-electron chi connectivity index (χ3n) is 5.50. The summed E-state index contributed by atoms with van der Waals surface area (Å²) in [5.41, 5.74) is 2.60. The van der Waals surface area contributed by atoms with Crippen LogP contribution in [0.2, 0.25) is 0 Å². The Bertz CT molecular complexity index is 760. The Hall–Kier alpha value is -1.61. The van der Waals surface area contributed by atoms with Crippen LogP contribution in [0.3, 0.4) is 0 Å². The summed E-state index contributed by atoms with van der Waals surface area (Å²) < 4.78 is 2.00. The highest BCUT2D eigenvalue weighted by molar-refractivity contribution is 14.0. The van der Waals surface area contributed by atoms with Crippen LogP contribution in [0.1, 0.15) is 44.2 Å². The van der Waals surface area contributed by atoms with Gasteiger partial charge in [-0.3, -0.25) is 14.6 Å². The maximum atomic E-state index is 4.78. The Morgan fingerprint density at radius 3 is 2.73 bits per heavy atom. The highest BCUT2D eigenvalue weighted by Gasteiger charge is 2.25. The summed E-state index contributed by atoms with van der Waals surface area (Å²) in [6.45, 7) is 11.3. The molecule has 1 aromatic carbocycles. The van der Waals surface area contributed by atoms with Gasteiger partial charge >= 0.3 is 0 Å². The van der Waals surface area contributed by atoms with E-state index in [-0.39, 0.29) is 24.0 Å². The first-order chi connectivity index (χ1) is 14.1. The van der Waals surface area contributed by atoms with Crippen molar-refractivity contribution in [2.75, 3.05) is 19.6 Å². The molecule has 0 bridgehead atoms. The van der Waals surface area contributed by atoms with Crippen molar-refractivity contribution in [2.45, 2.75) is 65.2 Å². The highest BCUT2D eigenvalue weighted by Crippen LogP contribution is 2.19. The maximum absolute atomic E-state index is 4.78. The number of hydrogen-bond donors (Lipinski definition) is 2. The monoisotopic (exact) mass is 524 g/mol. The van der Waals surface area contributed by atoms with Gasteiger partial charge in [-0.15, -0.1) is 24.0 Å². The van der Waals surface area contributed by atoms with E-state index in [1.165, 1.54) is 11.1 Å². The number of piperidine rings is 1. The fourth-order valence-electron chi connectivity index (χ4n) is 3.93. The summed E-state index contributed by atoms with van der Waals surface area (Å²) in [6, 6.07) is 11.8. The van der Waals surface area contributed by atoms with Crippen LogP contribution in [-0.2, 0) is 13.1 Å². The number of halogens is 1. The van der Waals surface area contributed by atoms with Gasteiger partial charge in [-0.1, -0.05) is 30.3 Å². The maximum Gasteiger partial charge on any atom is 0.191 e. The van der Waals surface area contributed by atoms with E-state index in [0.717, 1.165) is 57.9 Å². The lowest BCUT2D eigenvalue weighted by Crippen LogP contribution is -2.51. The third-order valence-corrected chi connectivity index (χ3v) is 5.50. The molecule has 0 aliphatic carbocycles. The topological polar surface area (TPSA) is 57.5 Å². The summed E-state index contributed by atoms with van der Waals surface area (Å²) in [6.07, 6.45) is 7.26. The van der Waals surface area contributed by atoms with E-state index >= 15 is 0 Å². The van der Waals surface area contributed by atoms with Gasteiger partial charge in [0.25, 0.3) is 0 Å². The van der Waals surface area contributed by atoms with E-state index in [0.29, 0.717) is 12.1 Å². The van der Waals surface area contributed by atoms with Gasteiger partial charge in [-0.05, 0) is 51.2 Å². The van der Waals surface area contributed by atoms with Crippen LogP contribution < -0.4 is 10.6 Å². The minimum atomic E-state index is 0. The van der Waals surface area contributed by atoms with Crippen LogP contribution in [0, 0.1) is 6.92 Å². The normalized spacial score (nSPS) is 19.9. The van der Waals surface area contributed by atoms with E-state index in [2.05, 4.69) is 77.9 Å². The van der Waals surface area contributed by atoms with E-state index in [9.17, 15) is 0 Å². The summed E-state index contributed by atoms with van der Waals surface area (Å²) in [7, 11) is 0. The molecule has 0 amide bonds. The predicted octanol–water partition coefficient (Wildman–Crippen LogP) is 3.81. The fraction of sp³-hybridized carbons (Fsp3) is 0.565. The lowest BCUT2D eigenvalue weighted by Gasteiger charge is -2.38. The summed E-state index contributed by atoms with van der Waals surface area (Å²) >= 11 is 0. The minimum Gasteiger partial charge on any atom is -0.357 e. The lowest BCUT2D eigenvalue weighted by atomic mass is 9.97. The van der Waals surface area contributed by atoms with Crippen molar-refractivity contribution in [3.8, 4) is 0 Å². The van der Waals surface area contributed by atoms with Crippen LogP contribution in [0.15, 0.2) is 47.7 Å². The molecule has 1 saturated heterocycles. The van der Waals surface area contributed by atoms with Crippen molar-refractivity contribution in [2.24, 2.45) is 4.99 Å². The van der Waals surface area contributed by atoms with Gasteiger partial charge in [0.15, 0.2) is 5.96 Å². The molecular formula is C23H37IN6. The Kier molecular flexibility index (Phi) is 10.6. The number of likely N-dealkylation sites (tertiary alicyclic amines) is 1. The van der Waals surface area contributed by atoms with Crippen molar-refractivity contribution in [3.05, 3.63) is 53.9 Å². The predicted molar refractivity (Wildman–Crippen MR) is 135 cm³/mol. The van der Waals surface area contributed by atoms with Gasteiger partial charge in [0, 0.05) is 51.0 Å². The molecule has 6 nitrogen and oxygen atoms in total. The second-order valence-electron chi connectivity index (χ2n) is 8.07. The lowest BCUT2D eigenvalue weighted by molar-refractivity contribution is 0.134. The summed E-state index contributed by atoms with van der Waals surface area (Å²) in [5, 5.41) is 11.4. The summed E-state index contributed by atoms with van der Waals surface area (Å²) in [4.78, 5) is 7.37. The molecule has 2 N–H and O–H groups in total. The molecule has 2 heterocycles. The van der Waals surface area contributed by atoms with Crippen LogP contribution in [0.25, 0.3) is 0 Å². The fourth-order valence-corrected chi connectivity index (χ4v) is 3.93. The zero-order valence-electron chi connectivity index (χ0n) is 18.6. The molecule has 1 fully saturated rings. The average Bonchev–Trinajstić information content (AvgIpc) is 3.13. The van der Waals surface area contributed by atoms with Crippen LogP contribution in [0.4, 0.5) is 0 Å². The Balaban J connectivity index is 0.00000320. The quantitative estimate of drug-likeness (QED) is 0.239. The molecule has 166 valence electrons. The van der Waals surface area contributed by atoms with Crippen molar-refractivity contribution in [3.63, 3.8) is 0 Å². The van der Waals surface area contributed by atoms with Gasteiger partial charge in [-0.25, -0.2) is 0 Å². The van der Waals surface area contributed by atoms with Crippen molar-refractivity contribution in [1.82, 2.24) is 25.3 Å². The number of aromatic nitrogens is 2. The van der Waals surface area contributed by atoms with Crippen LogP contribution >= 0.6 is 24.0 Å². The van der Waals surface area contributed by atoms with Gasteiger partial charge in [-0.2, -0.15) is 5.10 Å². The first-order valence-corrected chi connectivity index (χ1v) is 11.0. The molecule has 1 aromatic heterocycles. The van der Waals surface area contributed by atoms with E-state index in [1.54, 1.807) is 0 Å². The van der Waals surface area contributed by atoms with Gasteiger partial charge < -0.3 is 10.6 Å². The minimum absolute atomic E-state index is 0. The van der Waals surface area contributed by atoms with E-state index in [4.69, 9.17) is 4.99 Å². The second kappa shape index (κ2) is 12.9. The number of aliphatic imine (C=N–C) groups is 1. The number of rotatable bonds is 8. The van der Waals surface area contributed by atoms with Crippen LogP contribution in [-0.4, -0.2) is 52.4 Å². The smallest absolute Gasteiger partial charge is 0.191 e. The Morgan fingerprint density at radius 1 is 1.27 bits per heavy atom. The molecule has 1 aliphatic heterocycles. The summed E-state index contributed by atoms with van der Waals surface area (Å²) in [5.74, 6) is 0.942. The molecule has 0 saturated carbocycles. The second-order valence-corrected chi connectivity index (χ2v) is 8.07. The highest BCUT2D eigenvalue weighted by atomic mass is 127. The molecule has 3 rings (SSSR count). The zero-order valence-corrected chi connectivity index (χ0v) is 20.9. The molecule has 1 aliphatic rings. The number of nitrogens with zero attached hydrogens (tertiary/aromatic N) is 4. The third kappa shape index (κ3) is 7.91. The molecule has 30 heavy (non-hydrogen) atoms. The van der Waals surface area contributed by atoms with E-state index < -0.39 is 0 Å². The molecule has 0 spiro atoms. The van der Waals surface area contributed by atoms with Gasteiger partial charge in [0.2, 0.25) is 0 Å². The standard InChI is InChI=1S/C23H36N6.HI/c1-4-24-23(25-12-8-13-29-17-19(2)16-26-29)27-22-11-14-28(20(3)15-22)18-21-9-6-5-7-10-21;/h5-7,9-10,16-17,20,22H,4,8,11-15,18H2,1-3H3,(H2,24,25,27);1H. The van der Waals surface area contributed by atoms with Crippen molar-refractivity contribution >= 4 is 29.9 Å². The van der Waals surface area contributed by atoms with Crippen molar-refractivity contribution in [1.29, 1.82) is 0 Å². The van der Waals surface area contributed by atoms with Gasteiger partial charge in [0.1, 0.15) is 0 Å². The molecular weight excluding hydrogens is 487 g/mol. The number of hydrogen-bond acceptors (Lipinski definition) is 3. The Labute approximate surface area is 198 Å². The van der Waals surface area contributed by atoms with Crippen molar-refractivity contribution < 1.29 is 0 Å². The molecule has 2 unspecified atom stereocenters. The molecule has 2 atom stereocenters.